The Labute approximate surface area is 151 Å². The number of nitrogens with one attached hydrogen (secondary N) is 2. The fourth-order valence-electron chi connectivity index (χ4n) is 1.76. The number of aliphatic imine (C=N–C) groups is 1. The standard InChI is InChI=1S/C15H30N4O2.HI/c1-7-16-13(18-12-10-11(12)2)17-8-9-19(6)14(20)21-15(3,4)5;/h11-12H,7-10H2,1-6H3,(H2,16,17,18);1H. The molecule has 6 nitrogen and oxygen atoms in total. The van der Waals surface area contributed by atoms with Gasteiger partial charge in [0.2, 0.25) is 0 Å². The van der Waals surface area contributed by atoms with Gasteiger partial charge in [-0.2, -0.15) is 0 Å². The largest absolute Gasteiger partial charge is 0.444 e. The molecule has 0 aliphatic heterocycles. The summed E-state index contributed by atoms with van der Waals surface area (Å²) in [6, 6.07) is 0.534. The third-order valence-electron chi connectivity index (χ3n) is 3.19. The van der Waals surface area contributed by atoms with E-state index in [1.807, 2.05) is 27.7 Å². The molecule has 0 aromatic heterocycles. The Morgan fingerprint density at radius 2 is 2.00 bits per heavy atom. The molecule has 0 spiro atoms. The molecule has 1 rings (SSSR count). The van der Waals surface area contributed by atoms with Gasteiger partial charge in [0.05, 0.1) is 6.54 Å². The Hall–Kier alpha value is -0.730. The van der Waals surface area contributed by atoms with Gasteiger partial charge >= 0.3 is 6.09 Å². The Morgan fingerprint density at radius 1 is 1.41 bits per heavy atom. The van der Waals surface area contributed by atoms with E-state index in [4.69, 9.17) is 4.74 Å². The molecule has 1 aliphatic carbocycles. The van der Waals surface area contributed by atoms with Crippen LogP contribution in [0.4, 0.5) is 4.79 Å². The van der Waals surface area contributed by atoms with Gasteiger partial charge in [0, 0.05) is 26.2 Å². The van der Waals surface area contributed by atoms with Crippen molar-refractivity contribution in [1.29, 1.82) is 0 Å². The van der Waals surface area contributed by atoms with Crippen molar-refractivity contribution in [1.82, 2.24) is 15.5 Å². The maximum absolute atomic E-state index is 11.8. The Balaban J connectivity index is 0.00000441. The highest BCUT2D eigenvalue weighted by Crippen LogP contribution is 2.28. The van der Waals surface area contributed by atoms with E-state index in [1.54, 1.807) is 11.9 Å². The average molecular weight is 426 g/mol. The maximum atomic E-state index is 11.8. The summed E-state index contributed by atoms with van der Waals surface area (Å²) in [5.74, 6) is 1.54. The van der Waals surface area contributed by atoms with Crippen molar-refractivity contribution in [3.63, 3.8) is 0 Å². The zero-order valence-corrected chi connectivity index (χ0v) is 16.9. The highest BCUT2D eigenvalue weighted by Gasteiger charge is 2.33. The van der Waals surface area contributed by atoms with Crippen molar-refractivity contribution in [2.75, 3.05) is 26.7 Å². The number of hydrogen-bond donors (Lipinski definition) is 2. The van der Waals surface area contributed by atoms with Crippen molar-refractivity contribution >= 4 is 36.0 Å². The first-order valence-corrected chi connectivity index (χ1v) is 7.72. The van der Waals surface area contributed by atoms with Gasteiger partial charge in [0.25, 0.3) is 0 Å². The van der Waals surface area contributed by atoms with Crippen LogP contribution in [0.15, 0.2) is 4.99 Å². The van der Waals surface area contributed by atoms with E-state index in [9.17, 15) is 4.79 Å². The van der Waals surface area contributed by atoms with E-state index in [0.29, 0.717) is 19.1 Å². The first kappa shape index (κ1) is 21.3. The maximum Gasteiger partial charge on any atom is 0.410 e. The first-order chi connectivity index (χ1) is 9.73. The molecule has 1 fully saturated rings. The summed E-state index contributed by atoms with van der Waals surface area (Å²) in [6.07, 6.45) is 0.883. The van der Waals surface area contributed by atoms with Gasteiger partial charge in [-0.15, -0.1) is 24.0 Å². The van der Waals surface area contributed by atoms with Crippen LogP contribution in [0.3, 0.4) is 0 Å². The summed E-state index contributed by atoms with van der Waals surface area (Å²) in [6.45, 7) is 11.8. The van der Waals surface area contributed by atoms with Crippen LogP contribution in [-0.4, -0.2) is 55.3 Å². The van der Waals surface area contributed by atoms with E-state index in [0.717, 1.165) is 18.4 Å². The molecule has 0 aromatic rings. The normalized spacial score (nSPS) is 20.7. The van der Waals surface area contributed by atoms with E-state index in [1.165, 1.54) is 6.42 Å². The number of amides is 1. The fraction of sp³-hybridized carbons (Fsp3) is 0.867. The number of guanidine groups is 1. The number of likely N-dealkylation sites (N-methyl/N-ethyl adjacent to an activating group) is 1. The second-order valence-electron chi connectivity index (χ2n) is 6.63. The molecule has 130 valence electrons. The molecule has 0 bridgehead atoms. The predicted octanol–water partition coefficient (Wildman–Crippen LogP) is 2.43. The lowest BCUT2D eigenvalue weighted by atomic mass is 10.2. The third-order valence-corrected chi connectivity index (χ3v) is 3.19. The molecule has 0 aromatic carbocycles. The number of nitrogens with zero attached hydrogens (tertiary/aromatic N) is 2. The van der Waals surface area contributed by atoms with Crippen molar-refractivity contribution in [3.8, 4) is 0 Å². The number of carbonyl (C=O) groups excluding carboxylic acids is 1. The van der Waals surface area contributed by atoms with Crippen LogP contribution in [0.25, 0.3) is 0 Å². The summed E-state index contributed by atoms with van der Waals surface area (Å²) in [5, 5.41) is 6.61. The molecule has 1 aliphatic rings. The zero-order valence-electron chi connectivity index (χ0n) is 14.6. The monoisotopic (exact) mass is 426 g/mol. The van der Waals surface area contributed by atoms with E-state index < -0.39 is 5.60 Å². The number of hydrogen-bond acceptors (Lipinski definition) is 3. The molecule has 1 amide bonds. The van der Waals surface area contributed by atoms with Crippen LogP contribution in [0.1, 0.15) is 41.0 Å². The Morgan fingerprint density at radius 3 is 2.45 bits per heavy atom. The quantitative estimate of drug-likeness (QED) is 0.403. The molecule has 0 saturated heterocycles. The van der Waals surface area contributed by atoms with Crippen LogP contribution in [0, 0.1) is 5.92 Å². The lowest BCUT2D eigenvalue weighted by molar-refractivity contribution is 0.0304. The van der Waals surface area contributed by atoms with E-state index in [2.05, 4.69) is 22.5 Å². The summed E-state index contributed by atoms with van der Waals surface area (Å²) in [5.41, 5.74) is -0.465. The summed E-state index contributed by atoms with van der Waals surface area (Å²) >= 11 is 0. The molecular formula is C15H31IN4O2. The number of halogens is 1. The Kier molecular flexibility index (Phi) is 9.11. The lowest BCUT2D eigenvalue weighted by Crippen LogP contribution is -2.40. The fourth-order valence-corrected chi connectivity index (χ4v) is 1.76. The number of carbonyl (C=O) groups is 1. The Bertz CT molecular complexity index is 382. The second-order valence-corrected chi connectivity index (χ2v) is 6.63. The number of rotatable bonds is 5. The van der Waals surface area contributed by atoms with E-state index >= 15 is 0 Å². The highest BCUT2D eigenvalue weighted by atomic mass is 127. The molecule has 2 N–H and O–H groups in total. The minimum atomic E-state index is -0.465. The number of ether oxygens (including phenoxy) is 1. The van der Waals surface area contributed by atoms with E-state index in [-0.39, 0.29) is 30.1 Å². The SMILES string of the molecule is CCNC(=NCCN(C)C(=O)OC(C)(C)C)NC1CC1C.I. The lowest BCUT2D eigenvalue weighted by Gasteiger charge is -2.24. The van der Waals surface area contributed by atoms with Gasteiger partial charge in [-0.25, -0.2) is 4.79 Å². The molecule has 7 heteroatoms. The average Bonchev–Trinajstić information content (AvgIpc) is 3.02. The first-order valence-electron chi connectivity index (χ1n) is 7.72. The summed E-state index contributed by atoms with van der Waals surface area (Å²) < 4.78 is 5.30. The van der Waals surface area contributed by atoms with Gasteiger partial charge in [0.1, 0.15) is 5.60 Å². The zero-order chi connectivity index (χ0) is 16.0. The minimum absolute atomic E-state index is 0. The molecule has 1 saturated carbocycles. The van der Waals surface area contributed by atoms with Gasteiger partial charge in [-0.1, -0.05) is 6.92 Å². The smallest absolute Gasteiger partial charge is 0.410 e. The minimum Gasteiger partial charge on any atom is -0.444 e. The molecular weight excluding hydrogens is 395 g/mol. The molecule has 0 heterocycles. The topological polar surface area (TPSA) is 66.0 Å². The van der Waals surface area contributed by atoms with Crippen LogP contribution in [-0.2, 0) is 4.74 Å². The van der Waals surface area contributed by atoms with Crippen molar-refractivity contribution in [2.45, 2.75) is 52.7 Å². The third kappa shape index (κ3) is 8.65. The van der Waals surface area contributed by atoms with Gasteiger partial charge in [-0.3, -0.25) is 4.99 Å². The summed E-state index contributed by atoms with van der Waals surface area (Å²) in [4.78, 5) is 17.9. The highest BCUT2D eigenvalue weighted by molar-refractivity contribution is 14.0. The van der Waals surface area contributed by atoms with Crippen molar-refractivity contribution < 1.29 is 9.53 Å². The predicted molar refractivity (Wildman–Crippen MR) is 101 cm³/mol. The van der Waals surface area contributed by atoms with Crippen molar-refractivity contribution in [3.05, 3.63) is 0 Å². The van der Waals surface area contributed by atoms with Gasteiger partial charge in [-0.05, 0) is 40.0 Å². The molecule has 2 atom stereocenters. The van der Waals surface area contributed by atoms with Gasteiger partial charge in [0.15, 0.2) is 5.96 Å². The second kappa shape index (κ2) is 9.42. The summed E-state index contributed by atoms with van der Waals surface area (Å²) in [7, 11) is 1.73. The van der Waals surface area contributed by atoms with Crippen LogP contribution >= 0.6 is 24.0 Å². The van der Waals surface area contributed by atoms with Crippen LogP contribution < -0.4 is 10.6 Å². The molecule has 2 unspecified atom stereocenters. The van der Waals surface area contributed by atoms with Crippen LogP contribution in [0.2, 0.25) is 0 Å². The molecule has 0 radical (unpaired) electrons. The van der Waals surface area contributed by atoms with Crippen LogP contribution in [0.5, 0.6) is 0 Å². The van der Waals surface area contributed by atoms with Crippen molar-refractivity contribution in [2.24, 2.45) is 10.9 Å². The van der Waals surface area contributed by atoms with Gasteiger partial charge < -0.3 is 20.3 Å². The molecule has 22 heavy (non-hydrogen) atoms.